The first-order chi connectivity index (χ1) is 7.59. The first-order valence-electron chi connectivity index (χ1n) is 5.51. The maximum absolute atomic E-state index is 11.8. The smallest absolute Gasteiger partial charge is 0.159 e. The van der Waals surface area contributed by atoms with Gasteiger partial charge >= 0.3 is 0 Å². The SMILES string of the molecule is C/C(=C\c1ccccc1)C(=O)CCN(C)C.Cl. The standard InChI is InChI=1S/C14H19NO.ClH/c1-12(14(16)9-10-15(2)3)11-13-7-5-4-6-8-13;/h4-8,11H,9-10H2,1-3H3;1H/b12-11+;. The highest BCUT2D eigenvalue weighted by Crippen LogP contribution is 2.08. The van der Waals surface area contributed by atoms with Gasteiger partial charge in [0.05, 0.1) is 0 Å². The third kappa shape index (κ3) is 6.25. The van der Waals surface area contributed by atoms with Gasteiger partial charge in [-0.05, 0) is 38.2 Å². The lowest BCUT2D eigenvalue weighted by molar-refractivity contribution is -0.115. The molecule has 0 atom stereocenters. The molecule has 0 N–H and O–H groups in total. The Bertz CT molecular complexity index is 371. The largest absolute Gasteiger partial charge is 0.309 e. The van der Waals surface area contributed by atoms with Crippen molar-refractivity contribution >= 4 is 24.3 Å². The summed E-state index contributed by atoms with van der Waals surface area (Å²) in [4.78, 5) is 13.8. The fourth-order valence-corrected chi connectivity index (χ4v) is 1.40. The van der Waals surface area contributed by atoms with E-state index in [0.29, 0.717) is 6.42 Å². The van der Waals surface area contributed by atoms with Gasteiger partial charge in [0.1, 0.15) is 0 Å². The van der Waals surface area contributed by atoms with E-state index in [1.54, 1.807) is 0 Å². The van der Waals surface area contributed by atoms with Gasteiger partial charge in [0.25, 0.3) is 0 Å². The lowest BCUT2D eigenvalue weighted by atomic mass is 10.1. The molecule has 0 aliphatic carbocycles. The topological polar surface area (TPSA) is 20.3 Å². The summed E-state index contributed by atoms with van der Waals surface area (Å²) in [7, 11) is 3.95. The van der Waals surface area contributed by atoms with Crippen molar-refractivity contribution < 1.29 is 4.79 Å². The van der Waals surface area contributed by atoms with E-state index in [9.17, 15) is 4.79 Å². The van der Waals surface area contributed by atoms with Crippen LogP contribution in [0.3, 0.4) is 0 Å². The zero-order valence-corrected chi connectivity index (χ0v) is 11.5. The highest BCUT2D eigenvalue weighted by atomic mass is 35.5. The number of carbonyl (C=O) groups is 1. The van der Waals surface area contributed by atoms with Crippen LogP contribution in [0.25, 0.3) is 6.08 Å². The molecular weight excluding hydrogens is 234 g/mol. The number of hydrogen-bond acceptors (Lipinski definition) is 2. The summed E-state index contributed by atoms with van der Waals surface area (Å²) in [6, 6.07) is 9.93. The molecule has 0 bridgehead atoms. The van der Waals surface area contributed by atoms with Crippen LogP contribution < -0.4 is 0 Å². The molecule has 1 rings (SSSR count). The minimum Gasteiger partial charge on any atom is -0.309 e. The van der Waals surface area contributed by atoms with Gasteiger partial charge in [-0.25, -0.2) is 0 Å². The average Bonchev–Trinajstić information content (AvgIpc) is 2.27. The number of rotatable bonds is 5. The maximum Gasteiger partial charge on any atom is 0.159 e. The molecular formula is C14H20ClNO. The van der Waals surface area contributed by atoms with Gasteiger partial charge in [-0.2, -0.15) is 0 Å². The number of ketones is 1. The first-order valence-corrected chi connectivity index (χ1v) is 5.51. The molecule has 0 amide bonds. The first kappa shape index (κ1) is 15.9. The van der Waals surface area contributed by atoms with Gasteiger partial charge in [0, 0.05) is 13.0 Å². The van der Waals surface area contributed by atoms with E-state index >= 15 is 0 Å². The van der Waals surface area contributed by atoms with Gasteiger partial charge in [-0.15, -0.1) is 12.4 Å². The van der Waals surface area contributed by atoms with Crippen LogP contribution in [0, 0.1) is 0 Å². The van der Waals surface area contributed by atoms with E-state index in [2.05, 4.69) is 0 Å². The Kier molecular flexibility index (Phi) is 7.51. The monoisotopic (exact) mass is 253 g/mol. The van der Waals surface area contributed by atoms with Crippen molar-refractivity contribution in [2.24, 2.45) is 0 Å². The molecule has 0 spiro atoms. The normalized spacial score (nSPS) is 11.2. The Hall–Kier alpha value is -1.12. The molecule has 3 heteroatoms. The van der Waals surface area contributed by atoms with Crippen LogP contribution in [-0.2, 0) is 4.79 Å². The summed E-state index contributed by atoms with van der Waals surface area (Å²) in [5.41, 5.74) is 1.91. The summed E-state index contributed by atoms with van der Waals surface area (Å²) < 4.78 is 0. The molecule has 0 unspecified atom stereocenters. The fraction of sp³-hybridized carbons (Fsp3) is 0.357. The number of hydrogen-bond donors (Lipinski definition) is 0. The molecule has 94 valence electrons. The lowest BCUT2D eigenvalue weighted by Gasteiger charge is -2.08. The zero-order chi connectivity index (χ0) is 12.0. The van der Waals surface area contributed by atoms with Crippen LogP contribution in [0.4, 0.5) is 0 Å². The van der Waals surface area contributed by atoms with Crippen LogP contribution >= 0.6 is 12.4 Å². The van der Waals surface area contributed by atoms with E-state index < -0.39 is 0 Å². The molecule has 17 heavy (non-hydrogen) atoms. The number of carbonyl (C=O) groups excluding carboxylic acids is 1. The van der Waals surface area contributed by atoms with Gasteiger partial charge in [-0.3, -0.25) is 4.79 Å². The van der Waals surface area contributed by atoms with E-state index in [-0.39, 0.29) is 18.2 Å². The van der Waals surface area contributed by atoms with Crippen LogP contribution in [0.1, 0.15) is 18.9 Å². The van der Waals surface area contributed by atoms with Crippen LogP contribution in [0.2, 0.25) is 0 Å². The zero-order valence-electron chi connectivity index (χ0n) is 10.6. The number of benzene rings is 1. The van der Waals surface area contributed by atoms with Crippen molar-refractivity contribution in [3.63, 3.8) is 0 Å². The van der Waals surface area contributed by atoms with Crippen LogP contribution in [0.15, 0.2) is 35.9 Å². The average molecular weight is 254 g/mol. The van der Waals surface area contributed by atoms with Crippen molar-refractivity contribution in [3.05, 3.63) is 41.5 Å². The number of allylic oxidation sites excluding steroid dienone is 1. The predicted octanol–water partition coefficient (Wildman–Crippen LogP) is 3.03. The molecule has 0 aliphatic rings. The second-order valence-electron chi connectivity index (χ2n) is 4.21. The number of nitrogens with zero attached hydrogens (tertiary/aromatic N) is 1. The number of Topliss-reactive ketones (excluding diaryl/α,β-unsaturated/α-hetero) is 1. The third-order valence-electron chi connectivity index (χ3n) is 2.41. The van der Waals surface area contributed by atoms with Crippen LogP contribution in [-0.4, -0.2) is 31.3 Å². The Balaban J connectivity index is 0.00000256. The molecule has 0 aromatic heterocycles. The van der Waals surface area contributed by atoms with Crippen molar-refractivity contribution in [3.8, 4) is 0 Å². The Morgan fingerprint density at radius 3 is 2.35 bits per heavy atom. The third-order valence-corrected chi connectivity index (χ3v) is 2.41. The van der Waals surface area contributed by atoms with E-state index in [1.807, 2.05) is 62.3 Å². The molecule has 1 aromatic carbocycles. The molecule has 2 nitrogen and oxygen atoms in total. The summed E-state index contributed by atoms with van der Waals surface area (Å²) >= 11 is 0. The maximum atomic E-state index is 11.8. The van der Waals surface area contributed by atoms with E-state index in [1.165, 1.54) is 0 Å². The molecule has 0 radical (unpaired) electrons. The second kappa shape index (κ2) is 8.04. The summed E-state index contributed by atoms with van der Waals surface area (Å²) in [5, 5.41) is 0. The van der Waals surface area contributed by atoms with E-state index in [4.69, 9.17) is 0 Å². The summed E-state index contributed by atoms with van der Waals surface area (Å²) in [6.07, 6.45) is 2.53. The molecule has 0 fully saturated rings. The number of halogens is 1. The minimum absolute atomic E-state index is 0. The molecule has 0 saturated heterocycles. The highest BCUT2D eigenvalue weighted by Gasteiger charge is 2.04. The van der Waals surface area contributed by atoms with Crippen molar-refractivity contribution in [2.75, 3.05) is 20.6 Å². The van der Waals surface area contributed by atoms with Crippen molar-refractivity contribution in [1.82, 2.24) is 4.90 Å². The Morgan fingerprint density at radius 2 is 1.82 bits per heavy atom. The molecule has 1 aromatic rings. The van der Waals surface area contributed by atoms with Crippen molar-refractivity contribution in [2.45, 2.75) is 13.3 Å². The molecule has 0 heterocycles. The Labute approximate surface area is 110 Å². The van der Waals surface area contributed by atoms with Crippen molar-refractivity contribution in [1.29, 1.82) is 0 Å². The van der Waals surface area contributed by atoms with Gasteiger partial charge in [0.2, 0.25) is 0 Å². The quantitative estimate of drug-likeness (QED) is 0.752. The van der Waals surface area contributed by atoms with Crippen LogP contribution in [0.5, 0.6) is 0 Å². The lowest BCUT2D eigenvalue weighted by Crippen LogP contribution is -2.16. The van der Waals surface area contributed by atoms with Gasteiger partial charge in [0.15, 0.2) is 5.78 Å². The summed E-state index contributed by atoms with van der Waals surface area (Å²) in [6.45, 7) is 2.68. The van der Waals surface area contributed by atoms with Gasteiger partial charge in [-0.1, -0.05) is 30.3 Å². The minimum atomic E-state index is 0. The second-order valence-corrected chi connectivity index (χ2v) is 4.21. The predicted molar refractivity (Wildman–Crippen MR) is 75.5 cm³/mol. The summed E-state index contributed by atoms with van der Waals surface area (Å²) in [5.74, 6) is 0.220. The highest BCUT2D eigenvalue weighted by molar-refractivity contribution is 5.98. The van der Waals surface area contributed by atoms with Gasteiger partial charge < -0.3 is 4.90 Å². The Morgan fingerprint density at radius 1 is 1.24 bits per heavy atom. The fourth-order valence-electron chi connectivity index (χ4n) is 1.40. The molecule has 0 aliphatic heterocycles. The van der Waals surface area contributed by atoms with E-state index in [0.717, 1.165) is 17.7 Å². The molecule has 0 saturated carbocycles.